The highest BCUT2D eigenvalue weighted by Crippen LogP contribution is 2.25. The summed E-state index contributed by atoms with van der Waals surface area (Å²) in [7, 11) is 1.36. The van der Waals surface area contributed by atoms with Crippen LogP contribution in [0.5, 0.6) is 0 Å². The molecule has 21 heavy (non-hydrogen) atoms. The lowest BCUT2D eigenvalue weighted by molar-refractivity contribution is -0.149. The highest BCUT2D eigenvalue weighted by Gasteiger charge is 2.38. The Balaban J connectivity index is 2.57. The molecule has 1 saturated heterocycles. The molecule has 0 spiro atoms. The first kappa shape index (κ1) is 16.9. The number of urea groups is 1. The predicted octanol–water partition coefficient (Wildman–Crippen LogP) is -0.0661. The van der Waals surface area contributed by atoms with Gasteiger partial charge in [0, 0.05) is 13.6 Å². The maximum Gasteiger partial charge on any atom is 0.315 e. The van der Waals surface area contributed by atoms with E-state index >= 15 is 0 Å². The number of likely N-dealkylation sites (N-methyl/N-ethyl adjacent to an activating group) is 1. The molecule has 118 valence electrons. The highest BCUT2D eigenvalue weighted by atomic mass is 16.4. The second-order valence-electron chi connectivity index (χ2n) is 5.17. The van der Waals surface area contributed by atoms with E-state index in [0.29, 0.717) is 12.8 Å². The van der Waals surface area contributed by atoms with Crippen LogP contribution in [-0.4, -0.2) is 53.5 Å². The predicted molar refractivity (Wildman–Crippen MR) is 73.4 cm³/mol. The van der Waals surface area contributed by atoms with Crippen molar-refractivity contribution in [2.45, 2.75) is 39.2 Å². The minimum atomic E-state index is -1.02. The SMILES string of the molecule is CCC(CC)(CNC(=O)NC1CC(=O)N(C)C1=O)C(=O)O. The zero-order chi connectivity index (χ0) is 16.2. The first-order chi connectivity index (χ1) is 9.77. The zero-order valence-corrected chi connectivity index (χ0v) is 12.4. The molecule has 0 aromatic rings. The lowest BCUT2D eigenvalue weighted by Gasteiger charge is -2.27. The van der Waals surface area contributed by atoms with E-state index in [2.05, 4.69) is 10.6 Å². The van der Waals surface area contributed by atoms with E-state index in [-0.39, 0.29) is 18.9 Å². The van der Waals surface area contributed by atoms with Crippen molar-refractivity contribution in [3.8, 4) is 0 Å². The van der Waals surface area contributed by atoms with Crippen LogP contribution in [0.4, 0.5) is 4.79 Å². The molecule has 1 fully saturated rings. The molecule has 1 atom stereocenters. The van der Waals surface area contributed by atoms with Gasteiger partial charge < -0.3 is 15.7 Å². The summed E-state index contributed by atoms with van der Waals surface area (Å²) in [5, 5.41) is 14.1. The number of hydrogen-bond acceptors (Lipinski definition) is 4. The molecule has 3 N–H and O–H groups in total. The van der Waals surface area contributed by atoms with Crippen LogP contribution in [-0.2, 0) is 14.4 Å². The Morgan fingerprint density at radius 1 is 1.33 bits per heavy atom. The number of carbonyl (C=O) groups is 4. The fraction of sp³-hybridized carbons (Fsp3) is 0.692. The first-order valence-electron chi connectivity index (χ1n) is 6.85. The van der Waals surface area contributed by atoms with Crippen molar-refractivity contribution in [3.05, 3.63) is 0 Å². The Kier molecular flexibility index (Phi) is 5.28. The standard InChI is InChI=1S/C13H21N3O5/c1-4-13(5-2,11(19)20)7-14-12(21)15-8-6-9(17)16(3)10(8)18/h8H,4-7H2,1-3H3,(H,19,20)(H2,14,15,21). The Morgan fingerprint density at radius 2 is 1.90 bits per heavy atom. The number of hydrogen-bond donors (Lipinski definition) is 3. The van der Waals surface area contributed by atoms with Crippen LogP contribution in [0.2, 0.25) is 0 Å². The molecule has 4 amide bonds. The number of likely N-dealkylation sites (tertiary alicyclic amines) is 1. The van der Waals surface area contributed by atoms with Gasteiger partial charge in [0.2, 0.25) is 5.91 Å². The lowest BCUT2D eigenvalue weighted by atomic mass is 9.82. The molecular formula is C13H21N3O5. The number of amides is 4. The molecule has 0 saturated carbocycles. The molecule has 1 heterocycles. The topological polar surface area (TPSA) is 116 Å². The minimum Gasteiger partial charge on any atom is -0.481 e. The van der Waals surface area contributed by atoms with Gasteiger partial charge in [-0.05, 0) is 12.8 Å². The van der Waals surface area contributed by atoms with Crippen molar-refractivity contribution in [2.24, 2.45) is 5.41 Å². The van der Waals surface area contributed by atoms with E-state index in [9.17, 15) is 24.3 Å². The largest absolute Gasteiger partial charge is 0.481 e. The molecule has 8 heteroatoms. The Bertz CT molecular complexity index is 459. The Morgan fingerprint density at radius 3 is 2.29 bits per heavy atom. The number of nitrogens with zero attached hydrogens (tertiary/aromatic N) is 1. The molecule has 1 unspecified atom stereocenters. The third-order valence-corrected chi connectivity index (χ3v) is 4.08. The van der Waals surface area contributed by atoms with Gasteiger partial charge in [-0.25, -0.2) is 4.79 Å². The normalized spacial score (nSPS) is 18.8. The van der Waals surface area contributed by atoms with Gasteiger partial charge in [-0.3, -0.25) is 19.3 Å². The van der Waals surface area contributed by atoms with Crippen molar-refractivity contribution in [2.75, 3.05) is 13.6 Å². The second kappa shape index (κ2) is 6.55. The molecule has 8 nitrogen and oxygen atoms in total. The fourth-order valence-electron chi connectivity index (χ4n) is 2.21. The van der Waals surface area contributed by atoms with Gasteiger partial charge in [0.25, 0.3) is 5.91 Å². The van der Waals surface area contributed by atoms with Gasteiger partial charge in [0.05, 0.1) is 11.8 Å². The maximum absolute atomic E-state index is 11.8. The van der Waals surface area contributed by atoms with Gasteiger partial charge in [-0.1, -0.05) is 13.8 Å². The summed E-state index contributed by atoms with van der Waals surface area (Å²) in [4.78, 5) is 47.0. The van der Waals surface area contributed by atoms with Gasteiger partial charge in [0.1, 0.15) is 6.04 Å². The Labute approximate surface area is 122 Å². The van der Waals surface area contributed by atoms with Crippen molar-refractivity contribution in [1.29, 1.82) is 0 Å². The molecule has 1 rings (SSSR count). The van der Waals surface area contributed by atoms with Crippen LogP contribution in [0, 0.1) is 5.41 Å². The maximum atomic E-state index is 11.8. The molecule has 0 aromatic heterocycles. The summed E-state index contributed by atoms with van der Waals surface area (Å²) in [6, 6.07) is -1.53. The summed E-state index contributed by atoms with van der Waals surface area (Å²) in [6.45, 7) is 3.45. The van der Waals surface area contributed by atoms with Crippen LogP contribution in [0.25, 0.3) is 0 Å². The minimum absolute atomic E-state index is 0.0359. The smallest absolute Gasteiger partial charge is 0.315 e. The Hall–Kier alpha value is -2.12. The quantitative estimate of drug-likeness (QED) is 0.594. The molecule has 0 bridgehead atoms. The molecule has 0 aromatic carbocycles. The number of rotatable bonds is 6. The van der Waals surface area contributed by atoms with Crippen LogP contribution >= 0.6 is 0 Å². The number of imide groups is 1. The van der Waals surface area contributed by atoms with Crippen molar-refractivity contribution in [1.82, 2.24) is 15.5 Å². The monoisotopic (exact) mass is 299 g/mol. The lowest BCUT2D eigenvalue weighted by Crippen LogP contribution is -2.49. The van der Waals surface area contributed by atoms with E-state index in [1.165, 1.54) is 7.05 Å². The number of aliphatic carboxylic acids is 1. The van der Waals surface area contributed by atoms with Crippen LogP contribution < -0.4 is 10.6 Å². The number of carboxylic acids is 1. The van der Waals surface area contributed by atoms with Crippen molar-refractivity contribution < 1.29 is 24.3 Å². The van der Waals surface area contributed by atoms with E-state index in [4.69, 9.17) is 0 Å². The first-order valence-corrected chi connectivity index (χ1v) is 6.85. The molecule has 1 aliphatic rings. The molecule has 0 aliphatic carbocycles. The van der Waals surface area contributed by atoms with Gasteiger partial charge in [-0.15, -0.1) is 0 Å². The van der Waals surface area contributed by atoms with E-state index in [0.717, 1.165) is 4.90 Å². The summed E-state index contributed by atoms with van der Waals surface area (Å²) in [5.41, 5.74) is -1.02. The number of carbonyl (C=O) groups excluding carboxylic acids is 3. The fourth-order valence-corrected chi connectivity index (χ4v) is 2.21. The van der Waals surface area contributed by atoms with E-state index in [1.54, 1.807) is 13.8 Å². The van der Waals surface area contributed by atoms with Gasteiger partial charge in [-0.2, -0.15) is 0 Å². The molecular weight excluding hydrogens is 278 g/mol. The summed E-state index contributed by atoms with van der Waals surface area (Å²) in [6.07, 6.45) is 0.680. The van der Waals surface area contributed by atoms with E-state index in [1.807, 2.05) is 0 Å². The third kappa shape index (κ3) is 3.50. The van der Waals surface area contributed by atoms with Crippen molar-refractivity contribution in [3.63, 3.8) is 0 Å². The van der Waals surface area contributed by atoms with Gasteiger partial charge >= 0.3 is 12.0 Å². The van der Waals surface area contributed by atoms with E-state index < -0.39 is 29.4 Å². The zero-order valence-electron chi connectivity index (χ0n) is 12.4. The summed E-state index contributed by atoms with van der Waals surface area (Å²) < 4.78 is 0. The molecule has 0 radical (unpaired) electrons. The van der Waals surface area contributed by atoms with Crippen LogP contribution in [0.1, 0.15) is 33.1 Å². The van der Waals surface area contributed by atoms with Gasteiger partial charge in [0.15, 0.2) is 0 Å². The van der Waals surface area contributed by atoms with Crippen LogP contribution in [0.3, 0.4) is 0 Å². The second-order valence-corrected chi connectivity index (χ2v) is 5.17. The van der Waals surface area contributed by atoms with Crippen molar-refractivity contribution >= 4 is 23.8 Å². The average Bonchev–Trinajstić information content (AvgIpc) is 2.67. The number of carboxylic acid groups (broad SMARTS) is 1. The molecule has 1 aliphatic heterocycles. The summed E-state index contributed by atoms with van der Waals surface area (Å²) in [5.74, 6) is -1.79. The average molecular weight is 299 g/mol. The number of nitrogens with one attached hydrogen (secondary N) is 2. The third-order valence-electron chi connectivity index (χ3n) is 4.08. The highest BCUT2D eigenvalue weighted by molar-refractivity contribution is 6.06. The van der Waals surface area contributed by atoms with Crippen LogP contribution in [0.15, 0.2) is 0 Å². The summed E-state index contributed by atoms with van der Waals surface area (Å²) >= 11 is 0.